The average molecular weight is 263 g/mol. The molecular weight excluding hydrogens is 251 g/mol. The molecule has 0 fully saturated rings. The summed E-state index contributed by atoms with van der Waals surface area (Å²) in [7, 11) is 0. The van der Waals surface area contributed by atoms with Crippen LogP contribution in [0.3, 0.4) is 0 Å². The molecule has 1 aromatic carbocycles. The van der Waals surface area contributed by atoms with Gasteiger partial charge in [-0.05, 0) is 30.2 Å². The number of ether oxygens (including phenoxy) is 1. The first-order chi connectivity index (χ1) is 8.24. The number of hydrogen-bond donors (Lipinski definition) is 2. The molecule has 0 aliphatic carbocycles. The van der Waals surface area contributed by atoms with Crippen LogP contribution in [-0.2, 0) is 4.79 Å². The van der Waals surface area contributed by atoms with Crippen molar-refractivity contribution in [1.29, 1.82) is 0 Å². The zero-order chi connectivity index (χ0) is 13.9. The van der Waals surface area contributed by atoms with E-state index in [0.717, 1.165) is 12.1 Å². The van der Waals surface area contributed by atoms with Gasteiger partial charge < -0.3 is 15.6 Å². The SMILES string of the molecule is CCC(C(=O)O)c1cc(OC(F)(F)F)ccc1N. The summed E-state index contributed by atoms with van der Waals surface area (Å²) in [5.41, 5.74) is 5.81. The van der Waals surface area contributed by atoms with Crippen molar-refractivity contribution in [2.45, 2.75) is 25.6 Å². The first-order valence-electron chi connectivity index (χ1n) is 5.12. The van der Waals surface area contributed by atoms with E-state index in [0.29, 0.717) is 0 Å². The van der Waals surface area contributed by atoms with Crippen molar-refractivity contribution in [1.82, 2.24) is 0 Å². The maximum atomic E-state index is 12.0. The van der Waals surface area contributed by atoms with Gasteiger partial charge in [0.2, 0.25) is 0 Å². The molecule has 0 aliphatic rings. The minimum atomic E-state index is -4.82. The third-order valence-electron chi connectivity index (χ3n) is 2.37. The van der Waals surface area contributed by atoms with E-state index in [4.69, 9.17) is 10.8 Å². The number of halogens is 3. The highest BCUT2D eigenvalue weighted by atomic mass is 19.4. The maximum absolute atomic E-state index is 12.0. The van der Waals surface area contributed by atoms with Crippen molar-refractivity contribution in [3.05, 3.63) is 23.8 Å². The fourth-order valence-corrected chi connectivity index (χ4v) is 1.58. The molecule has 0 aromatic heterocycles. The fraction of sp³-hybridized carbons (Fsp3) is 0.364. The van der Waals surface area contributed by atoms with E-state index < -0.39 is 24.0 Å². The topological polar surface area (TPSA) is 72.5 Å². The van der Waals surface area contributed by atoms with E-state index in [1.54, 1.807) is 6.92 Å². The quantitative estimate of drug-likeness (QED) is 0.819. The Labute approximate surface area is 101 Å². The molecule has 0 bridgehead atoms. The fourth-order valence-electron chi connectivity index (χ4n) is 1.58. The Hall–Kier alpha value is -1.92. The second-order valence-electron chi connectivity index (χ2n) is 3.64. The zero-order valence-corrected chi connectivity index (χ0v) is 9.49. The van der Waals surface area contributed by atoms with E-state index in [2.05, 4.69) is 4.74 Å². The van der Waals surface area contributed by atoms with Crippen LogP contribution in [0.1, 0.15) is 24.8 Å². The van der Waals surface area contributed by atoms with Gasteiger partial charge in [-0.1, -0.05) is 6.92 Å². The van der Waals surface area contributed by atoms with E-state index in [-0.39, 0.29) is 17.7 Å². The van der Waals surface area contributed by atoms with Crippen LogP contribution in [0.4, 0.5) is 18.9 Å². The maximum Gasteiger partial charge on any atom is 0.573 e. The van der Waals surface area contributed by atoms with Gasteiger partial charge in [0, 0.05) is 5.69 Å². The number of nitrogen functional groups attached to an aromatic ring is 1. The highest BCUT2D eigenvalue weighted by molar-refractivity contribution is 5.78. The summed E-state index contributed by atoms with van der Waals surface area (Å²) < 4.78 is 39.9. The van der Waals surface area contributed by atoms with E-state index >= 15 is 0 Å². The molecule has 1 unspecified atom stereocenters. The smallest absolute Gasteiger partial charge is 0.481 e. The molecule has 0 aliphatic heterocycles. The van der Waals surface area contributed by atoms with Crippen molar-refractivity contribution in [2.24, 2.45) is 0 Å². The van der Waals surface area contributed by atoms with Gasteiger partial charge in [-0.15, -0.1) is 13.2 Å². The van der Waals surface area contributed by atoms with Crippen LogP contribution in [0.2, 0.25) is 0 Å². The highest BCUT2D eigenvalue weighted by Crippen LogP contribution is 2.31. The summed E-state index contributed by atoms with van der Waals surface area (Å²) in [4.78, 5) is 11.0. The number of benzene rings is 1. The summed E-state index contributed by atoms with van der Waals surface area (Å²) >= 11 is 0. The van der Waals surface area contributed by atoms with Crippen LogP contribution in [0, 0.1) is 0 Å². The summed E-state index contributed by atoms with van der Waals surface area (Å²) in [5, 5.41) is 8.96. The Kier molecular flexibility index (Phi) is 4.05. The third-order valence-corrected chi connectivity index (χ3v) is 2.37. The summed E-state index contributed by atoms with van der Waals surface area (Å²) in [6.07, 6.45) is -4.60. The highest BCUT2D eigenvalue weighted by Gasteiger charge is 2.31. The number of alkyl halides is 3. The molecule has 0 amide bonds. The predicted octanol–water partition coefficient (Wildman–Crippen LogP) is 2.75. The Morgan fingerprint density at radius 2 is 2.11 bits per heavy atom. The largest absolute Gasteiger partial charge is 0.573 e. The molecule has 0 heterocycles. The number of carboxylic acid groups (broad SMARTS) is 1. The minimum absolute atomic E-state index is 0.117. The summed E-state index contributed by atoms with van der Waals surface area (Å²) in [5.74, 6) is -2.58. The van der Waals surface area contributed by atoms with Crippen LogP contribution in [-0.4, -0.2) is 17.4 Å². The van der Waals surface area contributed by atoms with Crippen LogP contribution in [0.25, 0.3) is 0 Å². The number of nitrogens with two attached hydrogens (primary N) is 1. The summed E-state index contributed by atoms with van der Waals surface area (Å²) in [6, 6.07) is 3.24. The lowest BCUT2D eigenvalue weighted by Crippen LogP contribution is -2.18. The number of carbonyl (C=O) groups is 1. The lowest BCUT2D eigenvalue weighted by Gasteiger charge is -2.15. The van der Waals surface area contributed by atoms with Gasteiger partial charge in [0.25, 0.3) is 0 Å². The molecule has 100 valence electrons. The van der Waals surface area contributed by atoms with Gasteiger partial charge in [0.15, 0.2) is 0 Å². The lowest BCUT2D eigenvalue weighted by atomic mass is 9.95. The Balaban J connectivity index is 3.12. The van der Waals surface area contributed by atoms with Gasteiger partial charge >= 0.3 is 12.3 Å². The lowest BCUT2D eigenvalue weighted by molar-refractivity contribution is -0.274. The Morgan fingerprint density at radius 3 is 2.56 bits per heavy atom. The van der Waals surface area contributed by atoms with Crippen molar-refractivity contribution in [2.75, 3.05) is 5.73 Å². The summed E-state index contributed by atoms with van der Waals surface area (Å²) in [6.45, 7) is 1.61. The number of rotatable bonds is 4. The molecule has 1 atom stereocenters. The van der Waals surface area contributed by atoms with Gasteiger partial charge in [0.1, 0.15) is 5.75 Å². The molecule has 7 heteroatoms. The molecule has 1 rings (SSSR count). The van der Waals surface area contributed by atoms with Crippen LogP contribution in [0.15, 0.2) is 18.2 Å². The van der Waals surface area contributed by atoms with Crippen LogP contribution >= 0.6 is 0 Å². The normalized spacial score (nSPS) is 13.1. The van der Waals surface area contributed by atoms with E-state index in [1.165, 1.54) is 6.07 Å². The van der Waals surface area contributed by atoms with E-state index in [9.17, 15) is 18.0 Å². The predicted molar refractivity (Wildman–Crippen MR) is 58.2 cm³/mol. The number of anilines is 1. The Bertz CT molecular complexity index is 446. The van der Waals surface area contributed by atoms with Crippen molar-refractivity contribution in [3.63, 3.8) is 0 Å². The number of hydrogen-bond acceptors (Lipinski definition) is 3. The Morgan fingerprint density at radius 1 is 1.50 bits per heavy atom. The molecule has 3 N–H and O–H groups in total. The molecule has 0 saturated heterocycles. The molecule has 0 spiro atoms. The molecule has 0 saturated carbocycles. The van der Waals surface area contributed by atoms with Crippen molar-refractivity contribution in [3.8, 4) is 5.75 Å². The molecule has 4 nitrogen and oxygen atoms in total. The zero-order valence-electron chi connectivity index (χ0n) is 9.49. The number of carboxylic acids is 1. The molecule has 1 aromatic rings. The second-order valence-corrected chi connectivity index (χ2v) is 3.64. The molecule has 18 heavy (non-hydrogen) atoms. The number of aliphatic carboxylic acids is 1. The molecule has 0 radical (unpaired) electrons. The molecular formula is C11H12F3NO3. The van der Waals surface area contributed by atoms with Crippen molar-refractivity contribution >= 4 is 11.7 Å². The monoisotopic (exact) mass is 263 g/mol. The minimum Gasteiger partial charge on any atom is -0.481 e. The first kappa shape index (κ1) is 14.1. The van der Waals surface area contributed by atoms with Gasteiger partial charge in [-0.2, -0.15) is 0 Å². The standard InChI is InChI=1S/C11H12F3NO3/c1-2-7(10(16)17)8-5-6(3-4-9(8)15)18-11(12,13)14/h3-5,7H,2,15H2,1H3,(H,16,17). The average Bonchev–Trinajstić information content (AvgIpc) is 2.21. The van der Waals surface area contributed by atoms with Crippen LogP contribution < -0.4 is 10.5 Å². The van der Waals surface area contributed by atoms with Gasteiger partial charge in [0.05, 0.1) is 5.92 Å². The van der Waals surface area contributed by atoms with E-state index in [1.807, 2.05) is 0 Å². The second kappa shape index (κ2) is 5.16. The third kappa shape index (κ3) is 3.54. The van der Waals surface area contributed by atoms with Gasteiger partial charge in [-0.25, -0.2) is 0 Å². The first-order valence-corrected chi connectivity index (χ1v) is 5.12. The van der Waals surface area contributed by atoms with Crippen molar-refractivity contribution < 1.29 is 27.8 Å². The van der Waals surface area contributed by atoms with Crippen LogP contribution in [0.5, 0.6) is 5.75 Å². The van der Waals surface area contributed by atoms with Gasteiger partial charge in [-0.3, -0.25) is 4.79 Å².